The fourth-order valence-corrected chi connectivity index (χ4v) is 3.96. The fourth-order valence-electron chi connectivity index (χ4n) is 3.96. The van der Waals surface area contributed by atoms with Gasteiger partial charge in [-0.15, -0.1) is 0 Å². The Kier molecular flexibility index (Phi) is 5.90. The predicted molar refractivity (Wildman–Crippen MR) is 142 cm³/mol. The van der Waals surface area contributed by atoms with Crippen LogP contribution >= 0.6 is 0 Å². The van der Waals surface area contributed by atoms with Gasteiger partial charge in [0.1, 0.15) is 0 Å². The molecule has 33 heavy (non-hydrogen) atoms. The van der Waals surface area contributed by atoms with Gasteiger partial charge in [-0.1, -0.05) is 84.4 Å². The van der Waals surface area contributed by atoms with E-state index in [1.807, 2.05) is 36.4 Å². The first-order valence-electron chi connectivity index (χ1n) is 11.2. The van der Waals surface area contributed by atoms with Crippen LogP contribution in [0.1, 0.15) is 5.56 Å². The zero-order chi connectivity index (χ0) is 22.5. The Morgan fingerprint density at radius 1 is 0.394 bits per heavy atom. The van der Waals surface area contributed by atoms with E-state index >= 15 is 0 Å². The van der Waals surface area contributed by atoms with Crippen LogP contribution in [0.3, 0.4) is 0 Å². The first kappa shape index (κ1) is 20.6. The van der Waals surface area contributed by atoms with Crippen LogP contribution in [0.25, 0.3) is 22.3 Å². The molecule has 0 spiro atoms. The Morgan fingerprint density at radius 3 is 1.45 bits per heavy atom. The highest BCUT2D eigenvalue weighted by molar-refractivity contribution is 5.87. The lowest BCUT2D eigenvalue weighted by Gasteiger charge is -2.15. The van der Waals surface area contributed by atoms with Gasteiger partial charge in [0.15, 0.2) is 0 Å². The Hall–Kier alpha value is -4.30. The molecule has 2 N–H and O–H groups in total. The second kappa shape index (κ2) is 9.46. The van der Waals surface area contributed by atoms with Gasteiger partial charge in [0.2, 0.25) is 0 Å². The van der Waals surface area contributed by atoms with Gasteiger partial charge in [0.25, 0.3) is 0 Å². The molecule has 5 aromatic rings. The van der Waals surface area contributed by atoms with Crippen molar-refractivity contribution < 1.29 is 0 Å². The summed E-state index contributed by atoms with van der Waals surface area (Å²) in [5, 5.41) is 6.99. The minimum Gasteiger partial charge on any atom is -0.356 e. The van der Waals surface area contributed by atoms with E-state index in [1.165, 1.54) is 27.8 Å². The average molecular weight is 427 g/mol. The molecule has 0 bridgehead atoms. The van der Waals surface area contributed by atoms with Crippen LogP contribution in [0.4, 0.5) is 22.7 Å². The van der Waals surface area contributed by atoms with Crippen LogP contribution in [0, 0.1) is 6.92 Å². The van der Waals surface area contributed by atoms with E-state index in [0.29, 0.717) is 0 Å². The van der Waals surface area contributed by atoms with E-state index in [0.717, 1.165) is 22.7 Å². The van der Waals surface area contributed by atoms with Gasteiger partial charge < -0.3 is 10.6 Å². The Labute approximate surface area is 195 Å². The van der Waals surface area contributed by atoms with Gasteiger partial charge in [-0.05, 0) is 77.7 Å². The second-order valence-corrected chi connectivity index (χ2v) is 8.19. The van der Waals surface area contributed by atoms with Crippen molar-refractivity contribution in [3.05, 3.63) is 133 Å². The summed E-state index contributed by atoms with van der Waals surface area (Å²) in [5.74, 6) is 0. The average Bonchev–Trinajstić information content (AvgIpc) is 2.86. The lowest BCUT2D eigenvalue weighted by atomic mass is 9.93. The summed E-state index contributed by atoms with van der Waals surface area (Å²) in [5.41, 5.74) is 10.4. The van der Waals surface area contributed by atoms with Crippen molar-refractivity contribution in [1.29, 1.82) is 0 Å². The Balaban J connectivity index is 1.49. The minimum absolute atomic E-state index is 1.07. The molecule has 0 amide bonds. The third-order valence-corrected chi connectivity index (χ3v) is 5.70. The molecule has 2 heteroatoms. The van der Waals surface area contributed by atoms with Crippen molar-refractivity contribution in [2.24, 2.45) is 0 Å². The molecule has 5 aromatic carbocycles. The van der Waals surface area contributed by atoms with E-state index in [1.54, 1.807) is 0 Å². The number of nitrogens with one attached hydrogen (secondary N) is 2. The molecular weight excluding hydrogens is 400 g/mol. The first-order chi connectivity index (χ1) is 16.2. The molecule has 0 heterocycles. The van der Waals surface area contributed by atoms with Crippen LogP contribution in [-0.2, 0) is 0 Å². The number of rotatable bonds is 6. The first-order valence-corrected chi connectivity index (χ1v) is 11.2. The van der Waals surface area contributed by atoms with Crippen molar-refractivity contribution in [2.75, 3.05) is 10.6 Å². The van der Waals surface area contributed by atoms with Gasteiger partial charge in [-0.3, -0.25) is 0 Å². The summed E-state index contributed by atoms with van der Waals surface area (Å²) in [6.45, 7) is 2.12. The zero-order valence-electron chi connectivity index (χ0n) is 18.6. The highest BCUT2D eigenvalue weighted by atomic mass is 14.9. The topological polar surface area (TPSA) is 24.1 Å². The molecule has 5 rings (SSSR count). The molecule has 160 valence electrons. The lowest BCUT2D eigenvalue weighted by Crippen LogP contribution is -1.93. The van der Waals surface area contributed by atoms with E-state index in [-0.39, 0.29) is 0 Å². The van der Waals surface area contributed by atoms with Crippen LogP contribution in [-0.4, -0.2) is 0 Å². The van der Waals surface area contributed by atoms with Crippen molar-refractivity contribution in [3.8, 4) is 22.3 Å². The van der Waals surface area contributed by atoms with Crippen LogP contribution in [0.5, 0.6) is 0 Å². The predicted octanol–water partition coefficient (Wildman–Crippen LogP) is 8.82. The van der Waals surface area contributed by atoms with E-state index in [2.05, 4.69) is 109 Å². The molecule has 2 nitrogen and oxygen atoms in total. The quantitative estimate of drug-likeness (QED) is 0.283. The molecule has 0 atom stereocenters. The smallest absolute Gasteiger partial charge is 0.0390 e. The minimum atomic E-state index is 1.07. The highest BCUT2D eigenvalue weighted by Gasteiger charge is 2.10. The molecule has 0 saturated heterocycles. The number of para-hydroxylation sites is 2. The standard InChI is InChI=1S/C31H26N2/c1-23-12-14-25(15-13-23)31-22-29(33-27-10-6-3-7-11-27)20-21-30(31)24-16-18-28(19-17-24)32-26-8-4-2-5-9-26/h2-22,32-33H,1H3. The molecule has 0 unspecified atom stereocenters. The van der Waals surface area contributed by atoms with Crippen LogP contribution in [0.2, 0.25) is 0 Å². The second-order valence-electron chi connectivity index (χ2n) is 8.19. The normalized spacial score (nSPS) is 10.6. The van der Waals surface area contributed by atoms with Gasteiger partial charge in [-0.25, -0.2) is 0 Å². The van der Waals surface area contributed by atoms with Gasteiger partial charge in [0.05, 0.1) is 0 Å². The fraction of sp³-hybridized carbons (Fsp3) is 0.0323. The van der Waals surface area contributed by atoms with E-state index in [9.17, 15) is 0 Å². The monoisotopic (exact) mass is 426 g/mol. The number of aryl methyl sites for hydroxylation is 1. The third kappa shape index (κ3) is 4.97. The molecule has 0 aliphatic carbocycles. The number of benzene rings is 5. The summed E-state index contributed by atoms with van der Waals surface area (Å²) in [6, 6.07) is 44.5. The lowest BCUT2D eigenvalue weighted by molar-refractivity contribution is 1.46. The molecule has 0 aromatic heterocycles. The van der Waals surface area contributed by atoms with Crippen LogP contribution in [0.15, 0.2) is 127 Å². The van der Waals surface area contributed by atoms with Gasteiger partial charge in [-0.2, -0.15) is 0 Å². The Bertz CT molecular complexity index is 1320. The SMILES string of the molecule is Cc1ccc(-c2cc(Nc3ccccc3)ccc2-c2ccc(Nc3ccccc3)cc2)cc1. The van der Waals surface area contributed by atoms with Crippen molar-refractivity contribution in [2.45, 2.75) is 6.92 Å². The molecule has 0 saturated carbocycles. The summed E-state index contributed by atoms with van der Waals surface area (Å²) in [4.78, 5) is 0. The molecule has 0 aliphatic heterocycles. The van der Waals surface area contributed by atoms with Crippen LogP contribution < -0.4 is 10.6 Å². The Morgan fingerprint density at radius 2 is 0.848 bits per heavy atom. The van der Waals surface area contributed by atoms with Gasteiger partial charge in [0, 0.05) is 22.7 Å². The maximum absolute atomic E-state index is 3.53. The number of anilines is 4. The van der Waals surface area contributed by atoms with Crippen molar-refractivity contribution >= 4 is 22.7 Å². The maximum atomic E-state index is 3.53. The summed E-state index contributed by atoms with van der Waals surface area (Å²) in [6.07, 6.45) is 0. The molecule has 0 aliphatic rings. The highest BCUT2D eigenvalue weighted by Crippen LogP contribution is 2.36. The maximum Gasteiger partial charge on any atom is 0.0390 e. The molecule has 0 radical (unpaired) electrons. The largest absolute Gasteiger partial charge is 0.356 e. The summed E-state index contributed by atoms with van der Waals surface area (Å²) < 4.78 is 0. The molecular formula is C31H26N2. The van der Waals surface area contributed by atoms with Crippen molar-refractivity contribution in [3.63, 3.8) is 0 Å². The van der Waals surface area contributed by atoms with E-state index in [4.69, 9.17) is 0 Å². The van der Waals surface area contributed by atoms with Crippen molar-refractivity contribution in [1.82, 2.24) is 0 Å². The number of hydrogen-bond acceptors (Lipinski definition) is 2. The number of hydrogen-bond donors (Lipinski definition) is 2. The van der Waals surface area contributed by atoms with E-state index < -0.39 is 0 Å². The third-order valence-electron chi connectivity index (χ3n) is 5.70. The summed E-state index contributed by atoms with van der Waals surface area (Å²) in [7, 11) is 0. The molecule has 0 fully saturated rings. The summed E-state index contributed by atoms with van der Waals surface area (Å²) >= 11 is 0. The van der Waals surface area contributed by atoms with Gasteiger partial charge >= 0.3 is 0 Å². The zero-order valence-corrected chi connectivity index (χ0v) is 18.6.